The number of carbonyl (C=O) groups is 2. The Morgan fingerprint density at radius 2 is 1.96 bits per heavy atom. The Morgan fingerprint density at radius 3 is 2.50 bits per heavy atom. The third-order valence-electron chi connectivity index (χ3n) is 5.34. The second kappa shape index (κ2) is 6.37. The van der Waals surface area contributed by atoms with Crippen LogP contribution in [0.1, 0.15) is 26.5 Å². The number of nitrogens with one attached hydrogen (secondary N) is 1. The maximum atomic E-state index is 12.2. The van der Waals surface area contributed by atoms with Gasteiger partial charge in [0, 0.05) is 39.8 Å². The summed E-state index contributed by atoms with van der Waals surface area (Å²) >= 11 is 0. The molecule has 3 rings (SSSR count). The van der Waals surface area contributed by atoms with Crippen LogP contribution in [0.15, 0.2) is 0 Å². The minimum absolute atomic E-state index is 0.112. The zero-order valence-corrected chi connectivity index (χ0v) is 16.1. The van der Waals surface area contributed by atoms with Gasteiger partial charge in [-0.1, -0.05) is 20.8 Å². The molecule has 0 bridgehead atoms. The Kier molecular flexibility index (Phi) is 4.49. The first-order valence-electron chi connectivity index (χ1n) is 8.94. The van der Waals surface area contributed by atoms with Gasteiger partial charge in [-0.2, -0.15) is 5.10 Å². The standard InChI is InChI=1S/C17H28N6O3/c1-11-13(23-7-6-18-15(23)24)14(19-20(11)5)21-8-9-22(16(25)26)12(10-21)17(2,3)4/h12H,6-10H2,1-5H3,(H,18,24)(H,25,26). The molecule has 2 aliphatic heterocycles. The predicted molar refractivity (Wildman–Crippen MR) is 98.9 cm³/mol. The number of hydrogen-bond acceptors (Lipinski definition) is 4. The first-order valence-corrected chi connectivity index (χ1v) is 8.94. The van der Waals surface area contributed by atoms with E-state index >= 15 is 0 Å². The van der Waals surface area contributed by atoms with Crippen molar-refractivity contribution in [3.05, 3.63) is 5.69 Å². The number of carbonyl (C=O) groups excluding carboxylic acids is 1. The minimum Gasteiger partial charge on any atom is -0.465 e. The van der Waals surface area contributed by atoms with Crippen LogP contribution in [-0.4, -0.2) is 70.7 Å². The van der Waals surface area contributed by atoms with Crippen LogP contribution < -0.4 is 15.1 Å². The lowest BCUT2D eigenvalue weighted by Crippen LogP contribution is -2.59. The van der Waals surface area contributed by atoms with Crippen LogP contribution >= 0.6 is 0 Å². The number of aromatic nitrogens is 2. The van der Waals surface area contributed by atoms with E-state index in [-0.39, 0.29) is 17.5 Å². The van der Waals surface area contributed by atoms with E-state index in [4.69, 9.17) is 0 Å². The molecule has 3 amide bonds. The van der Waals surface area contributed by atoms with Gasteiger partial charge in [0.05, 0.1) is 11.7 Å². The van der Waals surface area contributed by atoms with Crippen LogP contribution in [0.25, 0.3) is 0 Å². The normalized spacial score (nSPS) is 21.3. The van der Waals surface area contributed by atoms with E-state index in [1.165, 1.54) is 4.90 Å². The average molecular weight is 364 g/mol. The van der Waals surface area contributed by atoms with E-state index in [2.05, 4.69) is 36.1 Å². The molecule has 9 heteroatoms. The highest BCUT2D eigenvalue weighted by atomic mass is 16.4. The van der Waals surface area contributed by atoms with E-state index in [0.29, 0.717) is 32.7 Å². The van der Waals surface area contributed by atoms with E-state index in [0.717, 1.165) is 17.2 Å². The Labute approximate surface area is 153 Å². The van der Waals surface area contributed by atoms with Crippen molar-refractivity contribution in [3.63, 3.8) is 0 Å². The SMILES string of the molecule is Cc1c(N2CCNC2=O)c(N2CCN(C(=O)O)C(C(C)(C)C)C2)nn1C. The number of amides is 3. The lowest BCUT2D eigenvalue weighted by atomic mass is 9.84. The fraction of sp³-hybridized carbons (Fsp3) is 0.706. The molecular formula is C17H28N6O3. The Hall–Kier alpha value is -2.45. The van der Waals surface area contributed by atoms with Gasteiger partial charge in [0.1, 0.15) is 5.69 Å². The second-order valence-electron chi connectivity index (χ2n) is 8.07. The fourth-order valence-electron chi connectivity index (χ4n) is 3.74. The van der Waals surface area contributed by atoms with Gasteiger partial charge in [-0.25, -0.2) is 9.59 Å². The van der Waals surface area contributed by atoms with Crippen molar-refractivity contribution in [3.8, 4) is 0 Å². The summed E-state index contributed by atoms with van der Waals surface area (Å²) in [5.41, 5.74) is 1.54. The molecule has 1 aromatic heterocycles. The maximum Gasteiger partial charge on any atom is 0.407 e. The number of piperazine rings is 1. The second-order valence-corrected chi connectivity index (χ2v) is 8.07. The smallest absolute Gasteiger partial charge is 0.407 e. The number of nitrogens with zero attached hydrogens (tertiary/aromatic N) is 5. The highest BCUT2D eigenvalue weighted by molar-refractivity contribution is 5.97. The molecule has 0 radical (unpaired) electrons. The van der Waals surface area contributed by atoms with Crippen molar-refractivity contribution in [1.82, 2.24) is 20.0 Å². The molecular weight excluding hydrogens is 336 g/mol. The third-order valence-corrected chi connectivity index (χ3v) is 5.34. The van der Waals surface area contributed by atoms with Crippen LogP contribution in [-0.2, 0) is 7.05 Å². The minimum atomic E-state index is -0.888. The molecule has 3 heterocycles. The van der Waals surface area contributed by atoms with Crippen LogP contribution in [0.3, 0.4) is 0 Å². The lowest BCUT2D eigenvalue weighted by Gasteiger charge is -2.46. The largest absolute Gasteiger partial charge is 0.465 e. The highest BCUT2D eigenvalue weighted by Gasteiger charge is 2.40. The molecule has 0 spiro atoms. The summed E-state index contributed by atoms with van der Waals surface area (Å²) in [6.07, 6.45) is -0.888. The topological polar surface area (TPSA) is 93.9 Å². The van der Waals surface area contributed by atoms with Gasteiger partial charge in [0.25, 0.3) is 0 Å². The fourth-order valence-corrected chi connectivity index (χ4v) is 3.74. The Bertz CT molecular complexity index is 723. The third kappa shape index (κ3) is 3.06. The highest BCUT2D eigenvalue weighted by Crippen LogP contribution is 2.36. The van der Waals surface area contributed by atoms with E-state index in [1.807, 2.05) is 14.0 Å². The molecule has 144 valence electrons. The quantitative estimate of drug-likeness (QED) is 0.829. The molecule has 2 aliphatic rings. The molecule has 1 unspecified atom stereocenters. The van der Waals surface area contributed by atoms with Crippen molar-refractivity contribution in [2.24, 2.45) is 12.5 Å². The van der Waals surface area contributed by atoms with Crippen LogP contribution in [0, 0.1) is 12.3 Å². The van der Waals surface area contributed by atoms with Crippen LogP contribution in [0.2, 0.25) is 0 Å². The van der Waals surface area contributed by atoms with Gasteiger partial charge < -0.3 is 20.2 Å². The summed E-state index contributed by atoms with van der Waals surface area (Å²) in [6, 6.07) is -0.268. The molecule has 1 aromatic rings. The zero-order chi connectivity index (χ0) is 19.2. The van der Waals surface area contributed by atoms with Crippen molar-refractivity contribution in [1.29, 1.82) is 0 Å². The molecule has 0 saturated carbocycles. The Morgan fingerprint density at radius 1 is 1.27 bits per heavy atom. The molecule has 2 N–H and O–H groups in total. The molecule has 1 atom stereocenters. The summed E-state index contributed by atoms with van der Waals surface area (Å²) in [5.74, 6) is 0.751. The van der Waals surface area contributed by atoms with Gasteiger partial charge in [0.15, 0.2) is 5.82 Å². The number of urea groups is 1. The Balaban J connectivity index is 1.96. The van der Waals surface area contributed by atoms with Gasteiger partial charge >= 0.3 is 12.1 Å². The molecule has 26 heavy (non-hydrogen) atoms. The van der Waals surface area contributed by atoms with Gasteiger partial charge in [-0.15, -0.1) is 0 Å². The summed E-state index contributed by atoms with van der Waals surface area (Å²) in [5, 5.41) is 17.1. The number of hydrogen-bond donors (Lipinski definition) is 2. The van der Waals surface area contributed by atoms with Crippen molar-refractivity contribution < 1.29 is 14.7 Å². The number of carboxylic acid groups (broad SMARTS) is 1. The van der Waals surface area contributed by atoms with Gasteiger partial charge in [0.2, 0.25) is 0 Å². The molecule has 9 nitrogen and oxygen atoms in total. The lowest BCUT2D eigenvalue weighted by molar-refractivity contribution is 0.0747. The van der Waals surface area contributed by atoms with Crippen LogP contribution in [0.5, 0.6) is 0 Å². The van der Waals surface area contributed by atoms with Crippen molar-refractivity contribution in [2.75, 3.05) is 42.5 Å². The first-order chi connectivity index (χ1) is 12.1. The zero-order valence-electron chi connectivity index (χ0n) is 16.1. The molecule has 0 aromatic carbocycles. The van der Waals surface area contributed by atoms with Crippen LogP contribution in [0.4, 0.5) is 21.1 Å². The molecule has 2 saturated heterocycles. The number of rotatable bonds is 2. The monoisotopic (exact) mass is 364 g/mol. The summed E-state index contributed by atoms with van der Waals surface area (Å²) < 4.78 is 1.78. The summed E-state index contributed by atoms with van der Waals surface area (Å²) in [4.78, 5) is 29.2. The first kappa shape index (κ1) is 18.3. The van der Waals surface area contributed by atoms with E-state index in [9.17, 15) is 14.7 Å². The summed E-state index contributed by atoms with van der Waals surface area (Å²) in [6.45, 7) is 10.8. The van der Waals surface area contributed by atoms with E-state index in [1.54, 1.807) is 9.58 Å². The van der Waals surface area contributed by atoms with E-state index < -0.39 is 6.09 Å². The van der Waals surface area contributed by atoms with Crippen molar-refractivity contribution >= 4 is 23.6 Å². The predicted octanol–water partition coefficient (Wildman–Crippen LogP) is 1.47. The summed E-state index contributed by atoms with van der Waals surface area (Å²) in [7, 11) is 1.87. The number of anilines is 2. The molecule has 0 aliphatic carbocycles. The average Bonchev–Trinajstić information content (AvgIpc) is 3.09. The maximum absolute atomic E-state index is 12.2. The number of aryl methyl sites for hydroxylation is 1. The van der Waals surface area contributed by atoms with Crippen molar-refractivity contribution in [2.45, 2.75) is 33.7 Å². The van der Waals surface area contributed by atoms with Gasteiger partial charge in [-0.3, -0.25) is 9.58 Å². The van der Waals surface area contributed by atoms with Gasteiger partial charge in [-0.05, 0) is 12.3 Å². The molecule has 2 fully saturated rings.